The monoisotopic (exact) mass is 203 g/mol. The second-order valence-electron chi connectivity index (χ2n) is 1.28. The van der Waals surface area contributed by atoms with Crippen LogP contribution < -0.4 is 0 Å². The number of hydrogen-bond acceptors (Lipinski definition) is 3. The Kier molecular flexibility index (Phi) is 4.77. The second kappa shape index (κ2) is 4.77. The average molecular weight is 204 g/mol. The predicted molar refractivity (Wildman–Crippen MR) is 40.8 cm³/mol. The fourth-order valence-electron chi connectivity index (χ4n) is 0.178. The molecule has 0 radical (unpaired) electrons. The van der Waals surface area contributed by atoms with Crippen LogP contribution in [0.15, 0.2) is 5.16 Å². The normalized spacial score (nSPS) is 11.9. The Morgan fingerprint density at radius 2 is 2.10 bits per heavy atom. The summed E-state index contributed by atoms with van der Waals surface area (Å²) in [6.07, 6.45) is 1.37. The second-order valence-corrected chi connectivity index (χ2v) is 3.80. The molecule has 0 atom stereocenters. The molecule has 0 heterocycles. The summed E-state index contributed by atoms with van der Waals surface area (Å²) in [6, 6.07) is 0. The van der Waals surface area contributed by atoms with Crippen LogP contribution in [0.5, 0.6) is 0 Å². The van der Waals surface area contributed by atoms with Crippen LogP contribution in [0.3, 0.4) is 0 Å². The van der Waals surface area contributed by atoms with Crippen molar-refractivity contribution in [3.05, 3.63) is 0 Å². The van der Waals surface area contributed by atoms with Gasteiger partial charge in [0.2, 0.25) is 3.79 Å². The highest BCUT2D eigenvalue weighted by Crippen LogP contribution is 2.25. The molecule has 0 aromatic carbocycles. The fourth-order valence-corrected chi connectivity index (χ4v) is 0.325. The topological polar surface area (TPSA) is 38.7 Å². The highest BCUT2D eigenvalue weighted by Gasteiger charge is 2.20. The van der Waals surface area contributed by atoms with Gasteiger partial charge in [-0.25, -0.2) is 0 Å². The maximum Gasteiger partial charge on any atom is 0.226 e. The quantitative estimate of drug-likeness (QED) is 0.303. The fraction of sp³-hybridized carbons (Fsp3) is 0.500. The van der Waals surface area contributed by atoms with E-state index >= 15 is 0 Å². The average Bonchev–Trinajstić information content (AvgIpc) is 1.78. The van der Waals surface area contributed by atoms with Gasteiger partial charge >= 0.3 is 0 Å². The third-order valence-electron chi connectivity index (χ3n) is 0.424. The highest BCUT2D eigenvalue weighted by molar-refractivity contribution is 6.67. The summed E-state index contributed by atoms with van der Waals surface area (Å²) in [6.45, 7) is -0.179. The summed E-state index contributed by atoms with van der Waals surface area (Å²) in [4.78, 5) is 14.0. The van der Waals surface area contributed by atoms with Crippen LogP contribution in [-0.2, 0) is 9.63 Å². The van der Waals surface area contributed by atoms with Gasteiger partial charge in [-0.1, -0.05) is 40.0 Å². The third kappa shape index (κ3) is 8.01. The molecule has 0 amide bonds. The Bertz CT molecular complexity index is 131. The molecule has 10 heavy (non-hydrogen) atoms. The smallest absolute Gasteiger partial charge is 0.226 e. The third-order valence-corrected chi connectivity index (χ3v) is 0.752. The number of carbonyl (C=O) groups excluding carboxylic acids is 1. The van der Waals surface area contributed by atoms with Crippen molar-refractivity contribution in [2.24, 2.45) is 5.16 Å². The first-order valence-corrected chi connectivity index (χ1v) is 3.35. The van der Waals surface area contributed by atoms with Gasteiger partial charge < -0.3 is 4.84 Å². The van der Waals surface area contributed by atoms with E-state index in [1.54, 1.807) is 0 Å². The number of nitrogens with zero attached hydrogens (tertiary/aromatic N) is 1. The molecule has 0 saturated heterocycles. The number of alkyl halides is 3. The SMILES string of the molecule is O=CC=NOCC(Cl)(Cl)Cl. The van der Waals surface area contributed by atoms with Crippen LogP contribution in [0.2, 0.25) is 0 Å². The Balaban J connectivity index is 3.37. The van der Waals surface area contributed by atoms with Gasteiger partial charge in [0.05, 0.1) is 0 Å². The van der Waals surface area contributed by atoms with Crippen LogP contribution in [0, 0.1) is 0 Å². The molecule has 0 saturated carbocycles. The molecule has 0 bridgehead atoms. The number of aldehydes is 1. The summed E-state index contributed by atoms with van der Waals surface area (Å²) >= 11 is 15.8. The molecule has 0 spiro atoms. The first-order chi connectivity index (χ1) is 4.56. The van der Waals surface area contributed by atoms with E-state index in [1.165, 1.54) is 0 Å². The van der Waals surface area contributed by atoms with E-state index in [2.05, 4.69) is 9.99 Å². The van der Waals surface area contributed by atoms with Gasteiger partial charge in [-0.3, -0.25) is 4.79 Å². The van der Waals surface area contributed by atoms with E-state index in [0.29, 0.717) is 6.29 Å². The van der Waals surface area contributed by atoms with Gasteiger partial charge in [0.25, 0.3) is 0 Å². The van der Waals surface area contributed by atoms with Crippen LogP contribution >= 0.6 is 34.8 Å². The van der Waals surface area contributed by atoms with Crippen LogP contribution in [0.1, 0.15) is 0 Å². The summed E-state index contributed by atoms with van der Waals surface area (Å²) in [7, 11) is 0. The lowest BCUT2D eigenvalue weighted by Crippen LogP contribution is -2.10. The Hall–Kier alpha value is 0.01000. The van der Waals surface area contributed by atoms with Crippen molar-refractivity contribution in [2.45, 2.75) is 3.79 Å². The van der Waals surface area contributed by atoms with Crippen LogP contribution in [0.4, 0.5) is 0 Å². The zero-order chi connectivity index (χ0) is 8.04. The first-order valence-electron chi connectivity index (χ1n) is 2.22. The number of hydrogen-bond donors (Lipinski definition) is 0. The van der Waals surface area contributed by atoms with Crippen molar-refractivity contribution in [3.8, 4) is 0 Å². The maximum atomic E-state index is 9.60. The van der Waals surface area contributed by atoms with Crippen molar-refractivity contribution in [1.82, 2.24) is 0 Å². The molecule has 58 valence electrons. The van der Waals surface area contributed by atoms with Crippen molar-refractivity contribution in [2.75, 3.05) is 6.61 Å². The number of oxime groups is 1. The lowest BCUT2D eigenvalue weighted by molar-refractivity contribution is -0.102. The molecule has 0 rings (SSSR count). The predicted octanol–water partition coefficient (Wildman–Crippen LogP) is 1.56. The molecule has 0 N–H and O–H groups in total. The van der Waals surface area contributed by atoms with Crippen LogP contribution in [0.25, 0.3) is 0 Å². The molecule has 0 aromatic rings. The zero-order valence-corrected chi connectivity index (χ0v) is 7.03. The highest BCUT2D eigenvalue weighted by atomic mass is 35.6. The van der Waals surface area contributed by atoms with Crippen molar-refractivity contribution >= 4 is 47.3 Å². The molecule has 6 heteroatoms. The van der Waals surface area contributed by atoms with Gasteiger partial charge in [-0.2, -0.15) is 0 Å². The van der Waals surface area contributed by atoms with Crippen LogP contribution in [-0.4, -0.2) is 22.9 Å². The Labute approximate surface area is 72.9 Å². The van der Waals surface area contributed by atoms with Gasteiger partial charge in [0.1, 0.15) is 6.21 Å². The van der Waals surface area contributed by atoms with Crippen molar-refractivity contribution in [1.29, 1.82) is 0 Å². The lowest BCUT2D eigenvalue weighted by Gasteiger charge is -2.06. The maximum absolute atomic E-state index is 9.60. The standard InChI is InChI=1S/C4H4Cl3NO2/c5-4(6,7)3-10-8-1-2-9/h1-2H,3H2. The Morgan fingerprint density at radius 1 is 1.50 bits per heavy atom. The number of halogens is 3. The molecule has 0 fully saturated rings. The minimum Gasteiger partial charge on any atom is -0.391 e. The zero-order valence-electron chi connectivity index (χ0n) is 4.76. The molecule has 0 aromatic heterocycles. The number of rotatable bonds is 3. The molecule has 0 aliphatic rings. The molecule has 3 nitrogen and oxygen atoms in total. The van der Waals surface area contributed by atoms with E-state index < -0.39 is 3.79 Å². The van der Waals surface area contributed by atoms with Gasteiger partial charge in [0.15, 0.2) is 12.9 Å². The molecule has 0 aliphatic carbocycles. The van der Waals surface area contributed by atoms with Gasteiger partial charge in [-0.05, 0) is 0 Å². The van der Waals surface area contributed by atoms with Gasteiger partial charge in [-0.15, -0.1) is 0 Å². The summed E-state index contributed by atoms with van der Waals surface area (Å²) in [5.41, 5.74) is 0. The Morgan fingerprint density at radius 3 is 2.50 bits per heavy atom. The van der Waals surface area contributed by atoms with E-state index in [0.717, 1.165) is 6.21 Å². The molecular weight excluding hydrogens is 200 g/mol. The van der Waals surface area contributed by atoms with E-state index in [1.807, 2.05) is 0 Å². The van der Waals surface area contributed by atoms with E-state index in [9.17, 15) is 4.79 Å². The van der Waals surface area contributed by atoms with E-state index in [4.69, 9.17) is 34.8 Å². The molecule has 0 unspecified atom stereocenters. The lowest BCUT2D eigenvalue weighted by atomic mass is 10.8. The minimum absolute atomic E-state index is 0.179. The molecular formula is C4H4Cl3NO2. The van der Waals surface area contributed by atoms with Crippen molar-refractivity contribution in [3.63, 3.8) is 0 Å². The summed E-state index contributed by atoms with van der Waals surface area (Å²) < 4.78 is -1.49. The van der Waals surface area contributed by atoms with E-state index in [-0.39, 0.29) is 6.61 Å². The minimum atomic E-state index is -1.49. The number of carbonyl (C=O) groups is 1. The summed E-state index contributed by atoms with van der Waals surface area (Å²) in [5.74, 6) is 0. The van der Waals surface area contributed by atoms with Crippen molar-refractivity contribution < 1.29 is 9.63 Å². The molecule has 0 aliphatic heterocycles. The summed E-state index contributed by atoms with van der Waals surface area (Å²) in [5, 5.41) is 3.13. The largest absolute Gasteiger partial charge is 0.391 e. The first kappa shape index (κ1) is 10.0. The van der Waals surface area contributed by atoms with Gasteiger partial charge in [0, 0.05) is 0 Å².